The van der Waals surface area contributed by atoms with Crippen LogP contribution < -0.4 is 10.2 Å². The summed E-state index contributed by atoms with van der Waals surface area (Å²) in [4.78, 5) is 25.4. The Kier molecular flexibility index (Phi) is 3.49. The van der Waals surface area contributed by atoms with Gasteiger partial charge in [0.05, 0.1) is 10.7 Å². The molecule has 1 aliphatic heterocycles. The maximum Gasteiger partial charge on any atom is 0.252 e. The quantitative estimate of drug-likeness (QED) is 0.904. The summed E-state index contributed by atoms with van der Waals surface area (Å²) in [6.45, 7) is 3.29. The van der Waals surface area contributed by atoms with E-state index in [1.165, 1.54) is 17.0 Å². The molecule has 1 saturated heterocycles. The van der Waals surface area contributed by atoms with Crippen LogP contribution in [0.25, 0.3) is 0 Å². The summed E-state index contributed by atoms with van der Waals surface area (Å²) in [6.07, 6.45) is 0.445. The molecular formula is C13H14ClFN2O2. The summed E-state index contributed by atoms with van der Waals surface area (Å²) in [6, 6.07) is 3.74. The van der Waals surface area contributed by atoms with Crippen LogP contribution in [-0.2, 0) is 9.59 Å². The van der Waals surface area contributed by atoms with Crippen molar-refractivity contribution >= 4 is 29.1 Å². The second-order valence-corrected chi connectivity index (χ2v) is 5.13. The molecule has 1 aromatic rings. The molecule has 2 amide bonds. The van der Waals surface area contributed by atoms with Crippen molar-refractivity contribution < 1.29 is 14.0 Å². The molecule has 1 atom stereocenters. The van der Waals surface area contributed by atoms with Gasteiger partial charge in [0.2, 0.25) is 5.91 Å². The zero-order valence-electron chi connectivity index (χ0n) is 10.7. The number of rotatable bonds is 2. The highest BCUT2D eigenvalue weighted by atomic mass is 35.5. The number of carbonyl (C=O) groups excluding carboxylic acids is 2. The smallest absolute Gasteiger partial charge is 0.252 e. The third-order valence-corrected chi connectivity index (χ3v) is 3.66. The Balaban J connectivity index is 2.46. The molecule has 1 N–H and O–H groups in total. The molecule has 0 saturated carbocycles. The van der Waals surface area contributed by atoms with Gasteiger partial charge in [0.1, 0.15) is 17.9 Å². The van der Waals surface area contributed by atoms with E-state index in [4.69, 9.17) is 11.6 Å². The highest BCUT2D eigenvalue weighted by Crippen LogP contribution is 2.30. The number of amides is 2. The van der Waals surface area contributed by atoms with Crippen molar-refractivity contribution in [3.8, 4) is 0 Å². The average molecular weight is 285 g/mol. The van der Waals surface area contributed by atoms with Gasteiger partial charge in [-0.3, -0.25) is 14.5 Å². The van der Waals surface area contributed by atoms with Gasteiger partial charge in [-0.25, -0.2) is 4.39 Å². The summed E-state index contributed by atoms with van der Waals surface area (Å²) >= 11 is 5.99. The first-order valence-electron chi connectivity index (χ1n) is 5.95. The second-order valence-electron chi connectivity index (χ2n) is 4.72. The molecule has 1 heterocycles. The Morgan fingerprint density at radius 1 is 1.47 bits per heavy atom. The van der Waals surface area contributed by atoms with Crippen molar-refractivity contribution in [2.45, 2.75) is 25.8 Å². The van der Waals surface area contributed by atoms with E-state index >= 15 is 0 Å². The molecular weight excluding hydrogens is 271 g/mol. The molecule has 4 nitrogen and oxygen atoms in total. The third kappa shape index (κ3) is 2.42. The number of carbonyl (C=O) groups is 2. The fraction of sp³-hybridized carbons (Fsp3) is 0.385. The van der Waals surface area contributed by atoms with Crippen LogP contribution in [0.3, 0.4) is 0 Å². The van der Waals surface area contributed by atoms with E-state index < -0.39 is 11.4 Å². The zero-order valence-corrected chi connectivity index (χ0v) is 11.4. The van der Waals surface area contributed by atoms with Gasteiger partial charge in [-0.05, 0) is 31.5 Å². The largest absolute Gasteiger partial charge is 0.340 e. The lowest BCUT2D eigenvalue weighted by atomic mass is 9.94. The number of nitrogens with zero attached hydrogens (tertiary/aromatic N) is 1. The Bertz CT molecular complexity index is 549. The number of anilines is 1. The van der Waals surface area contributed by atoms with Crippen molar-refractivity contribution in [3.63, 3.8) is 0 Å². The highest BCUT2D eigenvalue weighted by molar-refractivity contribution is 6.34. The molecule has 0 spiro atoms. The van der Waals surface area contributed by atoms with Crippen LogP contribution in [0.4, 0.5) is 10.1 Å². The van der Waals surface area contributed by atoms with Gasteiger partial charge in [0.15, 0.2) is 0 Å². The Morgan fingerprint density at radius 3 is 2.79 bits per heavy atom. The van der Waals surface area contributed by atoms with Gasteiger partial charge in [-0.1, -0.05) is 18.5 Å². The van der Waals surface area contributed by atoms with Gasteiger partial charge >= 0.3 is 0 Å². The summed E-state index contributed by atoms with van der Waals surface area (Å²) in [5.41, 5.74) is -0.758. The molecule has 0 aromatic heterocycles. The van der Waals surface area contributed by atoms with E-state index in [-0.39, 0.29) is 29.1 Å². The number of nitrogens with one attached hydrogen (secondary N) is 1. The predicted molar refractivity (Wildman–Crippen MR) is 70.6 cm³/mol. The molecule has 2 rings (SSSR count). The summed E-state index contributed by atoms with van der Waals surface area (Å²) < 4.78 is 13.3. The molecule has 1 fully saturated rings. The number of hydrogen-bond acceptors (Lipinski definition) is 2. The van der Waals surface area contributed by atoms with Crippen LogP contribution in [0.5, 0.6) is 0 Å². The standard InChI is InChI=1S/C13H14ClFN2O2/c1-3-13(2)12(19)17(7-11(18)16-13)10-6-8(15)4-5-9(10)14/h4-6H,3,7H2,1-2H3,(H,16,18). The summed E-state index contributed by atoms with van der Waals surface area (Å²) in [7, 11) is 0. The maximum absolute atomic E-state index is 13.3. The van der Waals surface area contributed by atoms with Crippen LogP contribution in [0.1, 0.15) is 20.3 Å². The van der Waals surface area contributed by atoms with E-state index in [2.05, 4.69) is 5.32 Å². The van der Waals surface area contributed by atoms with E-state index in [1.807, 2.05) is 0 Å². The predicted octanol–water partition coefficient (Wildman–Crippen LogP) is 2.11. The van der Waals surface area contributed by atoms with Crippen molar-refractivity contribution in [2.24, 2.45) is 0 Å². The molecule has 19 heavy (non-hydrogen) atoms. The average Bonchev–Trinajstić information content (AvgIpc) is 2.37. The number of halogens is 2. The lowest BCUT2D eigenvalue weighted by Gasteiger charge is -2.39. The summed E-state index contributed by atoms with van der Waals surface area (Å²) in [5.74, 6) is -1.08. The van der Waals surface area contributed by atoms with Crippen molar-refractivity contribution in [2.75, 3.05) is 11.4 Å². The van der Waals surface area contributed by atoms with Crippen molar-refractivity contribution in [1.29, 1.82) is 0 Å². The molecule has 1 unspecified atom stereocenters. The topological polar surface area (TPSA) is 49.4 Å². The number of benzene rings is 1. The minimum atomic E-state index is -0.981. The van der Waals surface area contributed by atoms with Crippen LogP contribution in [0.2, 0.25) is 5.02 Å². The minimum Gasteiger partial charge on any atom is -0.340 e. The normalized spacial score (nSPS) is 23.5. The van der Waals surface area contributed by atoms with E-state index in [0.29, 0.717) is 6.42 Å². The van der Waals surface area contributed by atoms with Gasteiger partial charge in [-0.2, -0.15) is 0 Å². The van der Waals surface area contributed by atoms with E-state index in [9.17, 15) is 14.0 Å². The van der Waals surface area contributed by atoms with E-state index in [1.54, 1.807) is 13.8 Å². The lowest BCUT2D eigenvalue weighted by molar-refractivity contribution is -0.135. The monoisotopic (exact) mass is 284 g/mol. The molecule has 102 valence electrons. The molecule has 1 aromatic carbocycles. The van der Waals surface area contributed by atoms with Crippen molar-refractivity contribution in [3.05, 3.63) is 29.0 Å². The number of piperazine rings is 1. The Labute approximate surface area is 115 Å². The van der Waals surface area contributed by atoms with Gasteiger partial charge in [0, 0.05) is 0 Å². The molecule has 0 aliphatic carbocycles. The van der Waals surface area contributed by atoms with Crippen LogP contribution in [0.15, 0.2) is 18.2 Å². The minimum absolute atomic E-state index is 0.155. The maximum atomic E-state index is 13.3. The first-order valence-corrected chi connectivity index (χ1v) is 6.33. The molecule has 0 bridgehead atoms. The highest BCUT2D eigenvalue weighted by Gasteiger charge is 2.42. The first kappa shape index (κ1) is 13.8. The van der Waals surface area contributed by atoms with Gasteiger partial charge < -0.3 is 5.32 Å². The van der Waals surface area contributed by atoms with Crippen LogP contribution in [-0.4, -0.2) is 23.9 Å². The summed E-state index contributed by atoms with van der Waals surface area (Å²) in [5, 5.41) is 2.90. The van der Waals surface area contributed by atoms with Gasteiger partial charge in [0.25, 0.3) is 5.91 Å². The first-order chi connectivity index (χ1) is 8.87. The lowest BCUT2D eigenvalue weighted by Crippen LogP contribution is -2.65. The molecule has 6 heteroatoms. The van der Waals surface area contributed by atoms with Crippen LogP contribution >= 0.6 is 11.6 Å². The SMILES string of the molecule is CCC1(C)NC(=O)CN(c2cc(F)ccc2Cl)C1=O. The second kappa shape index (κ2) is 4.81. The third-order valence-electron chi connectivity index (χ3n) is 3.34. The number of hydrogen-bond donors (Lipinski definition) is 1. The Hall–Kier alpha value is -1.62. The van der Waals surface area contributed by atoms with E-state index in [0.717, 1.165) is 6.07 Å². The molecule has 0 radical (unpaired) electrons. The zero-order chi connectivity index (χ0) is 14.2. The fourth-order valence-corrected chi connectivity index (χ4v) is 2.26. The molecule has 1 aliphatic rings. The van der Waals surface area contributed by atoms with Crippen molar-refractivity contribution in [1.82, 2.24) is 5.32 Å². The Morgan fingerprint density at radius 2 is 2.16 bits per heavy atom. The van der Waals surface area contributed by atoms with Gasteiger partial charge in [-0.15, -0.1) is 0 Å². The fourth-order valence-electron chi connectivity index (χ4n) is 2.04. The van der Waals surface area contributed by atoms with Crippen LogP contribution in [0, 0.1) is 5.82 Å².